The largest absolute Gasteiger partial charge is 0.454 e. The van der Waals surface area contributed by atoms with Crippen LogP contribution in [-0.4, -0.2) is 41.2 Å². The summed E-state index contributed by atoms with van der Waals surface area (Å²) in [6.07, 6.45) is 1.71. The molecule has 0 saturated carbocycles. The maximum atomic E-state index is 14.1. The average Bonchev–Trinajstić information content (AvgIpc) is 3.26. The first-order valence-electron chi connectivity index (χ1n) is 14.5. The van der Waals surface area contributed by atoms with Gasteiger partial charge >= 0.3 is 5.97 Å². The van der Waals surface area contributed by atoms with Crippen molar-refractivity contribution in [2.45, 2.75) is 57.0 Å². The molecule has 0 radical (unpaired) electrons. The lowest BCUT2D eigenvalue weighted by atomic mass is 9.55. The van der Waals surface area contributed by atoms with E-state index in [1.807, 2.05) is 68.4 Å². The standard InChI is InChI=1S/C34H34N2O5/c1-3-4-18-26(34(40)41-19-27(37)35-20(2)21-12-6-5-7-13-21)36-32(38)30-28-22-14-8-9-15-23(22)29(31(30)33(36)39)25-17-11-10-16-24(25)28/h5-17,20,26,28-31H,3-4,18-19H2,1-2H3,(H,35,37)/t20-,26-,28?,29?,30-,31-/m1/s1. The van der Waals surface area contributed by atoms with E-state index >= 15 is 0 Å². The summed E-state index contributed by atoms with van der Waals surface area (Å²) >= 11 is 0. The molecule has 210 valence electrons. The van der Waals surface area contributed by atoms with Crippen LogP contribution in [0.3, 0.4) is 0 Å². The van der Waals surface area contributed by atoms with Crippen LogP contribution in [0.4, 0.5) is 0 Å². The van der Waals surface area contributed by atoms with Crippen molar-refractivity contribution in [3.63, 3.8) is 0 Å². The van der Waals surface area contributed by atoms with Gasteiger partial charge in [0.15, 0.2) is 6.61 Å². The molecule has 41 heavy (non-hydrogen) atoms. The van der Waals surface area contributed by atoms with Gasteiger partial charge in [0, 0.05) is 11.8 Å². The van der Waals surface area contributed by atoms with Gasteiger partial charge in [0.05, 0.1) is 17.9 Å². The van der Waals surface area contributed by atoms with E-state index in [9.17, 15) is 19.2 Å². The zero-order valence-corrected chi connectivity index (χ0v) is 23.3. The third kappa shape index (κ3) is 4.53. The minimum atomic E-state index is -1.06. The Morgan fingerprint density at radius 2 is 1.29 bits per heavy atom. The molecule has 4 aliphatic rings. The van der Waals surface area contributed by atoms with Gasteiger partial charge in [-0.1, -0.05) is 98.6 Å². The Balaban J connectivity index is 1.24. The minimum absolute atomic E-state index is 0.244. The third-order valence-electron chi connectivity index (χ3n) is 8.92. The maximum absolute atomic E-state index is 14.1. The van der Waals surface area contributed by atoms with Crippen LogP contribution in [0.15, 0.2) is 78.9 Å². The number of rotatable bonds is 9. The number of nitrogens with zero attached hydrogens (tertiary/aromatic N) is 1. The summed E-state index contributed by atoms with van der Waals surface area (Å²) < 4.78 is 5.46. The Hall–Kier alpha value is -4.26. The summed E-state index contributed by atoms with van der Waals surface area (Å²) in [6, 6.07) is 24.3. The Morgan fingerprint density at radius 3 is 1.78 bits per heavy atom. The van der Waals surface area contributed by atoms with Crippen LogP contribution in [0.5, 0.6) is 0 Å². The molecule has 1 fully saturated rings. The number of hydrogen-bond acceptors (Lipinski definition) is 5. The normalized spacial score (nSPS) is 23.3. The number of unbranched alkanes of at least 4 members (excludes halogenated alkanes) is 1. The summed E-state index contributed by atoms with van der Waals surface area (Å²) in [6.45, 7) is 3.36. The lowest BCUT2D eigenvalue weighted by Gasteiger charge is -2.45. The number of nitrogens with one attached hydrogen (secondary N) is 1. The van der Waals surface area contributed by atoms with Gasteiger partial charge < -0.3 is 10.1 Å². The highest BCUT2D eigenvalue weighted by Gasteiger charge is 2.63. The van der Waals surface area contributed by atoms with Crippen LogP contribution in [0, 0.1) is 11.8 Å². The number of esters is 1. The Bertz CT molecular complexity index is 1390. The molecule has 4 atom stereocenters. The van der Waals surface area contributed by atoms with E-state index in [-0.39, 0.29) is 29.7 Å². The Morgan fingerprint density at radius 1 is 0.805 bits per heavy atom. The van der Waals surface area contributed by atoms with Gasteiger partial charge in [-0.05, 0) is 41.2 Å². The molecule has 3 aromatic carbocycles. The molecule has 0 unspecified atom stereocenters. The predicted molar refractivity (Wildman–Crippen MR) is 153 cm³/mol. The quantitative estimate of drug-likeness (QED) is 0.304. The number of imide groups is 1. The fourth-order valence-electron chi connectivity index (χ4n) is 7.10. The third-order valence-corrected chi connectivity index (χ3v) is 8.92. The summed E-state index contributed by atoms with van der Waals surface area (Å²) in [5.74, 6) is -3.42. The summed E-state index contributed by atoms with van der Waals surface area (Å²) in [7, 11) is 0. The molecule has 7 nitrogen and oxygen atoms in total. The molecule has 3 aromatic rings. The smallest absolute Gasteiger partial charge is 0.329 e. The number of hydrogen-bond donors (Lipinski definition) is 1. The van der Waals surface area contributed by atoms with Crippen molar-refractivity contribution in [3.05, 3.63) is 107 Å². The number of likely N-dealkylation sites (tertiary alicyclic amines) is 1. The highest BCUT2D eigenvalue weighted by molar-refractivity contribution is 6.10. The molecular formula is C34H34N2O5. The number of carbonyl (C=O) groups is 4. The fourth-order valence-corrected chi connectivity index (χ4v) is 7.10. The number of benzene rings is 3. The minimum Gasteiger partial charge on any atom is -0.454 e. The van der Waals surface area contributed by atoms with Gasteiger partial charge in [0.2, 0.25) is 11.8 Å². The van der Waals surface area contributed by atoms with Crippen molar-refractivity contribution in [1.82, 2.24) is 10.2 Å². The van der Waals surface area contributed by atoms with Crippen molar-refractivity contribution in [1.29, 1.82) is 0 Å². The molecule has 0 aromatic heterocycles. The molecule has 1 aliphatic heterocycles. The van der Waals surface area contributed by atoms with Crippen molar-refractivity contribution in [2.24, 2.45) is 11.8 Å². The second kappa shape index (κ2) is 11.0. The van der Waals surface area contributed by atoms with E-state index in [1.165, 1.54) is 4.90 Å². The maximum Gasteiger partial charge on any atom is 0.329 e. The van der Waals surface area contributed by atoms with E-state index in [4.69, 9.17) is 4.74 Å². The molecule has 7 heteroatoms. The Kier molecular flexibility index (Phi) is 7.20. The monoisotopic (exact) mass is 550 g/mol. The topological polar surface area (TPSA) is 92.8 Å². The molecule has 3 amide bonds. The number of amides is 3. The van der Waals surface area contributed by atoms with Gasteiger partial charge in [0.25, 0.3) is 5.91 Å². The first-order valence-corrected chi connectivity index (χ1v) is 14.5. The molecule has 1 saturated heterocycles. The molecule has 2 bridgehead atoms. The van der Waals surface area contributed by atoms with Gasteiger partial charge in [0.1, 0.15) is 6.04 Å². The van der Waals surface area contributed by atoms with E-state index in [0.29, 0.717) is 12.8 Å². The molecule has 0 spiro atoms. The van der Waals surface area contributed by atoms with Crippen LogP contribution < -0.4 is 5.32 Å². The SMILES string of the molecule is CCCC[C@H](C(=O)OCC(=O)N[C@H](C)c1ccccc1)N1C(=O)[C@@H]2C3c4ccccc4C(c4ccccc43)[C@H]2C1=O. The number of ether oxygens (including phenoxy) is 1. The van der Waals surface area contributed by atoms with E-state index in [1.54, 1.807) is 0 Å². The number of carbonyl (C=O) groups excluding carboxylic acids is 4. The van der Waals surface area contributed by atoms with Crippen LogP contribution in [0.2, 0.25) is 0 Å². The lowest BCUT2D eigenvalue weighted by molar-refractivity contribution is -0.161. The van der Waals surface area contributed by atoms with Crippen molar-refractivity contribution < 1.29 is 23.9 Å². The molecule has 3 aliphatic carbocycles. The van der Waals surface area contributed by atoms with Gasteiger partial charge in [-0.3, -0.25) is 19.3 Å². The van der Waals surface area contributed by atoms with Crippen molar-refractivity contribution in [2.75, 3.05) is 6.61 Å². The van der Waals surface area contributed by atoms with Crippen molar-refractivity contribution in [3.8, 4) is 0 Å². The van der Waals surface area contributed by atoms with Gasteiger partial charge in [-0.15, -0.1) is 0 Å². The summed E-state index contributed by atoms with van der Waals surface area (Å²) in [4.78, 5) is 55.5. The lowest BCUT2D eigenvalue weighted by Crippen LogP contribution is -2.47. The molecule has 7 rings (SSSR count). The first-order chi connectivity index (χ1) is 19.9. The van der Waals surface area contributed by atoms with E-state index < -0.39 is 36.4 Å². The first kappa shape index (κ1) is 26.9. The van der Waals surface area contributed by atoms with Gasteiger partial charge in [-0.2, -0.15) is 0 Å². The van der Waals surface area contributed by atoms with Crippen LogP contribution in [0.1, 0.15) is 78.8 Å². The van der Waals surface area contributed by atoms with Crippen LogP contribution in [0.25, 0.3) is 0 Å². The van der Waals surface area contributed by atoms with Crippen molar-refractivity contribution >= 4 is 23.7 Å². The Labute approximate surface area is 239 Å². The van der Waals surface area contributed by atoms with E-state index in [0.717, 1.165) is 34.2 Å². The zero-order valence-electron chi connectivity index (χ0n) is 23.3. The molecule has 1 N–H and O–H groups in total. The van der Waals surface area contributed by atoms with Crippen LogP contribution in [-0.2, 0) is 23.9 Å². The highest BCUT2D eigenvalue weighted by atomic mass is 16.5. The van der Waals surface area contributed by atoms with E-state index in [2.05, 4.69) is 29.6 Å². The zero-order chi connectivity index (χ0) is 28.7. The second-order valence-electron chi connectivity index (χ2n) is 11.3. The summed E-state index contributed by atoms with van der Waals surface area (Å²) in [5.41, 5.74) is 5.25. The average molecular weight is 551 g/mol. The fraction of sp³-hybridized carbons (Fsp3) is 0.353. The molecular weight excluding hydrogens is 516 g/mol. The predicted octanol–water partition coefficient (Wildman–Crippen LogP) is 4.86. The molecule has 1 heterocycles. The second-order valence-corrected chi connectivity index (χ2v) is 11.3. The van der Waals surface area contributed by atoms with Crippen LogP contribution >= 0.6 is 0 Å². The summed E-state index contributed by atoms with van der Waals surface area (Å²) in [5, 5.41) is 2.84. The highest BCUT2D eigenvalue weighted by Crippen LogP contribution is 2.61. The van der Waals surface area contributed by atoms with Gasteiger partial charge in [-0.25, -0.2) is 4.79 Å².